The molecule has 1 fully saturated rings. The second kappa shape index (κ2) is 13.9. The number of carboxylic acids is 2. The first-order valence-electron chi connectivity index (χ1n) is 11.3. The van der Waals surface area contributed by atoms with Crippen LogP contribution in [0.2, 0.25) is 0 Å². The molecule has 0 aromatic rings. The summed E-state index contributed by atoms with van der Waals surface area (Å²) < 4.78 is 36.0. The van der Waals surface area contributed by atoms with E-state index in [0.717, 1.165) is 38.4 Å². The van der Waals surface area contributed by atoms with Crippen LogP contribution in [0.5, 0.6) is 0 Å². The van der Waals surface area contributed by atoms with E-state index in [9.17, 15) is 32.8 Å². The summed E-state index contributed by atoms with van der Waals surface area (Å²) in [7, 11) is -5.14. The largest absolute Gasteiger partial charge is 0.481 e. The fraction of sp³-hybridized carbons (Fsp3) is 0.818. The Bertz CT molecular complexity index is 671. The molecule has 0 spiro atoms. The van der Waals surface area contributed by atoms with Gasteiger partial charge in [0.2, 0.25) is 4.75 Å². The Labute approximate surface area is 185 Å². The van der Waals surface area contributed by atoms with Gasteiger partial charge in [0.25, 0.3) is 10.1 Å². The molecule has 3 unspecified atom stereocenters. The highest BCUT2D eigenvalue weighted by Gasteiger charge is 2.58. The van der Waals surface area contributed by atoms with Crippen LogP contribution in [0.3, 0.4) is 0 Å². The number of unbranched alkanes of at least 4 members (excludes halogenated alkanes) is 10. The summed E-state index contributed by atoms with van der Waals surface area (Å²) >= 11 is 0. The maximum Gasteiger partial charge on any atom is 0.328 e. The van der Waals surface area contributed by atoms with E-state index < -0.39 is 39.1 Å². The number of aliphatic carboxylic acids is 2. The number of carbonyl (C=O) groups is 2. The zero-order valence-electron chi connectivity index (χ0n) is 18.3. The monoisotopic (exact) mass is 462 g/mol. The van der Waals surface area contributed by atoms with Crippen LogP contribution >= 0.6 is 0 Å². The molecule has 3 atom stereocenters. The predicted octanol–water partition coefficient (Wildman–Crippen LogP) is 4.44. The molecule has 1 aliphatic rings. The van der Waals surface area contributed by atoms with Gasteiger partial charge in [-0.15, -0.1) is 6.58 Å². The van der Waals surface area contributed by atoms with E-state index in [4.69, 9.17) is 4.74 Å². The number of hydrogen-bond acceptors (Lipinski definition) is 5. The normalized spacial score (nSPS) is 18.8. The summed E-state index contributed by atoms with van der Waals surface area (Å²) in [5.74, 6) is -5.22. The molecule has 9 heteroatoms. The molecule has 0 aliphatic carbocycles. The summed E-state index contributed by atoms with van der Waals surface area (Å²) in [4.78, 5) is 23.4. The molecule has 1 saturated heterocycles. The third kappa shape index (κ3) is 9.29. The lowest BCUT2D eigenvalue weighted by molar-refractivity contribution is -0.152. The van der Waals surface area contributed by atoms with Crippen molar-refractivity contribution in [3.8, 4) is 0 Å². The standard InChI is InChI=1S/C22H38O8S/c1-2-14-19(20(23)24)22(21(25)26,31(27,28)29)16-13-11-9-7-5-3-4-6-8-10-12-15-18-17-30-18/h2,18-19H,1,3-17H2,(H,23,24)(H,25,26)(H,27,28,29). The van der Waals surface area contributed by atoms with Gasteiger partial charge in [-0.1, -0.05) is 76.7 Å². The molecule has 1 rings (SSSR count). The summed E-state index contributed by atoms with van der Waals surface area (Å²) in [6.07, 6.45) is 12.9. The maximum absolute atomic E-state index is 12.0. The van der Waals surface area contributed by atoms with Crippen molar-refractivity contribution in [2.24, 2.45) is 5.92 Å². The van der Waals surface area contributed by atoms with Gasteiger partial charge in [-0.25, -0.2) is 0 Å². The molecular formula is C22H38O8S. The highest BCUT2D eigenvalue weighted by molar-refractivity contribution is 7.88. The summed E-state index contributed by atoms with van der Waals surface area (Å²) in [5, 5.41) is 18.9. The second-order valence-corrected chi connectivity index (χ2v) is 10.1. The Kier molecular flexibility index (Phi) is 12.3. The van der Waals surface area contributed by atoms with E-state index in [0.29, 0.717) is 12.5 Å². The molecule has 8 nitrogen and oxygen atoms in total. The van der Waals surface area contributed by atoms with E-state index in [-0.39, 0.29) is 12.8 Å². The first kappa shape index (κ1) is 27.6. The van der Waals surface area contributed by atoms with E-state index in [1.807, 2.05) is 0 Å². The van der Waals surface area contributed by atoms with Crippen LogP contribution in [0, 0.1) is 5.92 Å². The topological polar surface area (TPSA) is 142 Å². The van der Waals surface area contributed by atoms with Gasteiger partial charge in [-0.2, -0.15) is 8.42 Å². The van der Waals surface area contributed by atoms with Gasteiger partial charge in [0, 0.05) is 0 Å². The third-order valence-electron chi connectivity index (χ3n) is 6.06. The molecule has 3 N–H and O–H groups in total. The van der Waals surface area contributed by atoms with Gasteiger partial charge in [0.1, 0.15) is 0 Å². The minimum atomic E-state index is -5.14. The SMILES string of the molecule is C=CCC(C(=O)O)C(CCCCCCCCCCCCCC1CO1)(C(=O)O)S(=O)(=O)O. The molecule has 0 amide bonds. The zero-order chi connectivity index (χ0) is 23.3. The second-order valence-electron chi connectivity index (χ2n) is 8.47. The van der Waals surface area contributed by atoms with Crippen LogP contribution in [0.15, 0.2) is 12.7 Å². The predicted molar refractivity (Wildman–Crippen MR) is 118 cm³/mol. The third-order valence-corrected chi connectivity index (χ3v) is 7.65. The maximum atomic E-state index is 12.0. The van der Waals surface area contributed by atoms with Crippen molar-refractivity contribution in [3.63, 3.8) is 0 Å². The molecule has 1 heterocycles. The van der Waals surface area contributed by atoms with E-state index in [1.54, 1.807) is 0 Å². The Morgan fingerprint density at radius 2 is 1.42 bits per heavy atom. The van der Waals surface area contributed by atoms with Crippen molar-refractivity contribution < 1.29 is 37.5 Å². The molecule has 0 radical (unpaired) electrons. The molecule has 1 aliphatic heterocycles. The van der Waals surface area contributed by atoms with Crippen LogP contribution in [-0.2, 0) is 24.4 Å². The quantitative estimate of drug-likeness (QED) is 0.104. The minimum Gasteiger partial charge on any atom is -0.481 e. The van der Waals surface area contributed by atoms with Gasteiger partial charge in [-0.05, 0) is 19.3 Å². The Morgan fingerprint density at radius 3 is 1.77 bits per heavy atom. The smallest absolute Gasteiger partial charge is 0.328 e. The van der Waals surface area contributed by atoms with Crippen molar-refractivity contribution >= 4 is 22.1 Å². The van der Waals surface area contributed by atoms with Gasteiger partial charge in [0.05, 0.1) is 18.6 Å². The van der Waals surface area contributed by atoms with Crippen LogP contribution in [-0.4, -0.2) is 52.6 Å². The van der Waals surface area contributed by atoms with Crippen LogP contribution in [0.1, 0.15) is 89.9 Å². The van der Waals surface area contributed by atoms with Gasteiger partial charge in [-0.3, -0.25) is 14.1 Å². The van der Waals surface area contributed by atoms with Crippen molar-refractivity contribution in [2.75, 3.05) is 6.61 Å². The molecule has 0 aromatic heterocycles. The highest BCUT2D eigenvalue weighted by Crippen LogP contribution is 2.36. The number of allylic oxidation sites excluding steroid dienone is 1. The molecular weight excluding hydrogens is 424 g/mol. The number of hydrogen-bond donors (Lipinski definition) is 3. The van der Waals surface area contributed by atoms with E-state index in [1.165, 1.54) is 38.5 Å². The average Bonchev–Trinajstić information content (AvgIpc) is 3.50. The lowest BCUT2D eigenvalue weighted by Gasteiger charge is -2.31. The van der Waals surface area contributed by atoms with Crippen molar-refractivity contribution in [1.82, 2.24) is 0 Å². The molecule has 180 valence electrons. The fourth-order valence-electron chi connectivity index (χ4n) is 4.09. The van der Waals surface area contributed by atoms with E-state index in [2.05, 4.69) is 6.58 Å². The summed E-state index contributed by atoms with van der Waals surface area (Å²) in [6, 6.07) is 0. The Hall–Kier alpha value is -1.45. The van der Waals surface area contributed by atoms with Crippen LogP contribution in [0.4, 0.5) is 0 Å². The lowest BCUT2D eigenvalue weighted by Crippen LogP contribution is -2.54. The van der Waals surface area contributed by atoms with Crippen molar-refractivity contribution in [1.29, 1.82) is 0 Å². The van der Waals surface area contributed by atoms with Gasteiger partial charge < -0.3 is 14.9 Å². The van der Waals surface area contributed by atoms with E-state index >= 15 is 0 Å². The first-order chi connectivity index (χ1) is 14.7. The van der Waals surface area contributed by atoms with Crippen LogP contribution < -0.4 is 0 Å². The lowest BCUT2D eigenvalue weighted by atomic mass is 9.84. The molecule has 0 aromatic carbocycles. The number of rotatable bonds is 20. The van der Waals surface area contributed by atoms with Gasteiger partial charge in [0.15, 0.2) is 0 Å². The zero-order valence-corrected chi connectivity index (χ0v) is 19.2. The minimum absolute atomic E-state index is 0.206. The highest BCUT2D eigenvalue weighted by atomic mass is 32.2. The Balaban J connectivity index is 2.31. The van der Waals surface area contributed by atoms with Crippen molar-refractivity contribution in [2.45, 2.75) is 101 Å². The first-order valence-corrected chi connectivity index (χ1v) is 12.8. The molecule has 0 bridgehead atoms. The fourth-order valence-corrected chi connectivity index (χ4v) is 5.27. The average molecular weight is 463 g/mol. The van der Waals surface area contributed by atoms with Gasteiger partial charge >= 0.3 is 11.9 Å². The van der Waals surface area contributed by atoms with Crippen LogP contribution in [0.25, 0.3) is 0 Å². The van der Waals surface area contributed by atoms with Crippen molar-refractivity contribution in [3.05, 3.63) is 12.7 Å². The number of ether oxygens (including phenoxy) is 1. The molecule has 0 saturated carbocycles. The summed E-state index contributed by atoms with van der Waals surface area (Å²) in [5.41, 5.74) is 0. The summed E-state index contributed by atoms with van der Waals surface area (Å²) in [6.45, 7) is 4.31. The Morgan fingerprint density at radius 1 is 0.968 bits per heavy atom. The number of epoxide rings is 1. The molecule has 31 heavy (non-hydrogen) atoms. The number of carboxylic acid groups (broad SMARTS) is 2.